The van der Waals surface area contributed by atoms with Gasteiger partial charge in [-0.3, -0.25) is 0 Å². The molecule has 72 valence electrons. The molecule has 0 aliphatic heterocycles. The van der Waals surface area contributed by atoms with Crippen molar-refractivity contribution in [1.82, 2.24) is 0 Å². The summed E-state index contributed by atoms with van der Waals surface area (Å²) in [4.78, 5) is 0.822. The lowest BCUT2D eigenvalue weighted by Crippen LogP contribution is -1.84. The monoisotopic (exact) mass is 207 g/mol. The van der Waals surface area contributed by atoms with Crippen LogP contribution in [0, 0.1) is 0 Å². The Hall–Kier alpha value is -1.68. The van der Waals surface area contributed by atoms with Crippen LogP contribution in [0.5, 0.6) is 11.5 Å². The zero-order chi connectivity index (χ0) is 10.1. The van der Waals surface area contributed by atoms with Crippen LogP contribution in [-0.4, -0.2) is 10.2 Å². The Balaban J connectivity index is 2.58. The van der Waals surface area contributed by atoms with Gasteiger partial charge in [-0.2, -0.15) is 0 Å². The van der Waals surface area contributed by atoms with E-state index in [1.807, 2.05) is 5.38 Å². The van der Waals surface area contributed by atoms with Gasteiger partial charge in [0.25, 0.3) is 0 Å². The SMILES string of the molecule is Nc1ccsc1-c1ccc(O)cc1O. The highest BCUT2D eigenvalue weighted by Crippen LogP contribution is 2.38. The van der Waals surface area contributed by atoms with Crippen molar-refractivity contribution in [3.63, 3.8) is 0 Å². The topological polar surface area (TPSA) is 66.5 Å². The second-order valence-electron chi connectivity index (χ2n) is 2.91. The first-order valence-electron chi connectivity index (χ1n) is 4.04. The summed E-state index contributed by atoms with van der Waals surface area (Å²) in [6.45, 7) is 0. The Morgan fingerprint density at radius 3 is 2.50 bits per heavy atom. The number of hydrogen-bond acceptors (Lipinski definition) is 4. The van der Waals surface area contributed by atoms with Crippen molar-refractivity contribution < 1.29 is 10.2 Å². The molecule has 4 N–H and O–H groups in total. The van der Waals surface area contributed by atoms with Gasteiger partial charge in [0.2, 0.25) is 0 Å². The number of rotatable bonds is 1. The van der Waals surface area contributed by atoms with Gasteiger partial charge in [-0.05, 0) is 23.6 Å². The highest BCUT2D eigenvalue weighted by atomic mass is 32.1. The molecule has 0 unspecified atom stereocenters. The summed E-state index contributed by atoms with van der Waals surface area (Å²) in [5.74, 6) is 0.0838. The molecular formula is C10H9NO2S. The molecule has 0 atom stereocenters. The molecule has 0 aliphatic carbocycles. The Morgan fingerprint density at radius 2 is 1.93 bits per heavy atom. The minimum atomic E-state index is 0.0409. The van der Waals surface area contributed by atoms with Gasteiger partial charge in [0.1, 0.15) is 11.5 Å². The number of nitrogens with two attached hydrogens (primary N) is 1. The molecule has 0 aliphatic rings. The molecule has 0 spiro atoms. The van der Waals surface area contributed by atoms with E-state index in [1.54, 1.807) is 12.1 Å². The largest absolute Gasteiger partial charge is 0.508 e. The smallest absolute Gasteiger partial charge is 0.127 e. The number of nitrogen functional groups attached to an aromatic ring is 1. The maximum absolute atomic E-state index is 9.58. The van der Waals surface area contributed by atoms with E-state index in [0.29, 0.717) is 11.3 Å². The normalized spacial score (nSPS) is 10.3. The summed E-state index contributed by atoms with van der Waals surface area (Å²) in [6, 6.07) is 6.25. The van der Waals surface area contributed by atoms with Crippen LogP contribution in [0.25, 0.3) is 10.4 Å². The van der Waals surface area contributed by atoms with Gasteiger partial charge < -0.3 is 15.9 Å². The lowest BCUT2D eigenvalue weighted by Gasteiger charge is -2.03. The quantitative estimate of drug-likeness (QED) is 0.672. The van der Waals surface area contributed by atoms with Crippen LogP contribution in [-0.2, 0) is 0 Å². The molecule has 1 heterocycles. The van der Waals surface area contributed by atoms with E-state index in [1.165, 1.54) is 23.5 Å². The molecule has 0 saturated heterocycles. The van der Waals surface area contributed by atoms with Gasteiger partial charge in [-0.15, -0.1) is 11.3 Å². The Labute approximate surface area is 85.1 Å². The maximum Gasteiger partial charge on any atom is 0.127 e. The highest BCUT2D eigenvalue weighted by Gasteiger charge is 2.09. The maximum atomic E-state index is 9.58. The van der Waals surface area contributed by atoms with Crippen molar-refractivity contribution in [3.05, 3.63) is 29.6 Å². The molecule has 1 aromatic carbocycles. The van der Waals surface area contributed by atoms with Crippen LogP contribution in [0.3, 0.4) is 0 Å². The third-order valence-electron chi connectivity index (χ3n) is 1.92. The number of anilines is 1. The van der Waals surface area contributed by atoms with Crippen molar-refractivity contribution in [1.29, 1.82) is 0 Å². The Kier molecular flexibility index (Phi) is 2.05. The third-order valence-corrected chi connectivity index (χ3v) is 2.89. The number of aromatic hydroxyl groups is 2. The van der Waals surface area contributed by atoms with Crippen LogP contribution >= 0.6 is 11.3 Å². The Morgan fingerprint density at radius 1 is 1.14 bits per heavy atom. The first-order chi connectivity index (χ1) is 6.68. The molecule has 1 aromatic heterocycles. The molecule has 2 rings (SSSR count). The van der Waals surface area contributed by atoms with Gasteiger partial charge in [-0.25, -0.2) is 0 Å². The van der Waals surface area contributed by atoms with E-state index < -0.39 is 0 Å². The molecule has 0 saturated carbocycles. The van der Waals surface area contributed by atoms with E-state index in [2.05, 4.69) is 0 Å². The van der Waals surface area contributed by atoms with Crippen molar-refractivity contribution >= 4 is 17.0 Å². The molecule has 0 fully saturated rings. The zero-order valence-corrected chi connectivity index (χ0v) is 8.08. The molecule has 4 heteroatoms. The molecule has 2 aromatic rings. The van der Waals surface area contributed by atoms with Gasteiger partial charge >= 0.3 is 0 Å². The number of benzene rings is 1. The molecule has 3 nitrogen and oxygen atoms in total. The third kappa shape index (κ3) is 1.40. The fourth-order valence-corrected chi connectivity index (χ4v) is 2.10. The van der Waals surface area contributed by atoms with Crippen LogP contribution < -0.4 is 5.73 Å². The molecule has 0 bridgehead atoms. The van der Waals surface area contributed by atoms with Crippen LogP contribution in [0.1, 0.15) is 0 Å². The van der Waals surface area contributed by atoms with Gasteiger partial charge in [0, 0.05) is 11.6 Å². The number of thiophene rings is 1. The Bertz CT molecular complexity index is 465. The summed E-state index contributed by atoms with van der Waals surface area (Å²) < 4.78 is 0. The number of phenolic OH excluding ortho intramolecular Hbond substituents is 2. The fraction of sp³-hybridized carbons (Fsp3) is 0. The second-order valence-corrected chi connectivity index (χ2v) is 3.82. The van der Waals surface area contributed by atoms with Crippen LogP contribution in [0.15, 0.2) is 29.6 Å². The van der Waals surface area contributed by atoms with Crippen LogP contribution in [0.2, 0.25) is 0 Å². The predicted octanol–water partition coefficient (Wildman–Crippen LogP) is 2.41. The second kappa shape index (κ2) is 3.23. The van der Waals surface area contributed by atoms with Crippen LogP contribution in [0.4, 0.5) is 5.69 Å². The summed E-state index contributed by atoms with van der Waals surface area (Å²) in [7, 11) is 0. The van der Waals surface area contributed by atoms with Crippen molar-refractivity contribution in [2.45, 2.75) is 0 Å². The lowest BCUT2D eigenvalue weighted by molar-refractivity contribution is 0.452. The summed E-state index contributed by atoms with van der Waals surface area (Å²) >= 11 is 1.46. The van der Waals surface area contributed by atoms with Crippen molar-refractivity contribution in [2.24, 2.45) is 0 Å². The van der Waals surface area contributed by atoms with E-state index in [9.17, 15) is 5.11 Å². The number of hydrogen-bond donors (Lipinski definition) is 3. The zero-order valence-electron chi connectivity index (χ0n) is 7.27. The summed E-state index contributed by atoms with van der Waals surface area (Å²) in [5.41, 5.74) is 7.00. The molecule has 14 heavy (non-hydrogen) atoms. The first-order valence-corrected chi connectivity index (χ1v) is 4.92. The van der Waals surface area contributed by atoms with E-state index >= 15 is 0 Å². The van der Waals surface area contributed by atoms with Gasteiger partial charge in [0.15, 0.2) is 0 Å². The average molecular weight is 207 g/mol. The van der Waals surface area contributed by atoms with Gasteiger partial charge in [0.05, 0.1) is 10.6 Å². The van der Waals surface area contributed by atoms with E-state index in [-0.39, 0.29) is 11.5 Å². The molecule has 0 radical (unpaired) electrons. The van der Waals surface area contributed by atoms with Crippen molar-refractivity contribution in [3.8, 4) is 21.9 Å². The van der Waals surface area contributed by atoms with Gasteiger partial charge in [-0.1, -0.05) is 0 Å². The summed E-state index contributed by atoms with van der Waals surface area (Å²) in [5, 5.41) is 20.6. The van der Waals surface area contributed by atoms with E-state index in [4.69, 9.17) is 10.8 Å². The average Bonchev–Trinajstić information content (AvgIpc) is 2.52. The molecular weight excluding hydrogens is 198 g/mol. The predicted molar refractivity (Wildman–Crippen MR) is 57.5 cm³/mol. The highest BCUT2D eigenvalue weighted by molar-refractivity contribution is 7.14. The van der Waals surface area contributed by atoms with Crippen molar-refractivity contribution in [2.75, 3.05) is 5.73 Å². The first kappa shape index (κ1) is 8.90. The minimum Gasteiger partial charge on any atom is -0.508 e. The minimum absolute atomic E-state index is 0.0409. The number of phenols is 2. The standard InChI is InChI=1S/C10H9NO2S/c11-8-3-4-14-10(8)7-2-1-6(12)5-9(7)13/h1-5,12-13H,11H2. The lowest BCUT2D eigenvalue weighted by atomic mass is 10.1. The molecule has 0 amide bonds. The summed E-state index contributed by atoms with van der Waals surface area (Å²) in [6.07, 6.45) is 0. The fourth-order valence-electron chi connectivity index (χ4n) is 1.25. The van der Waals surface area contributed by atoms with E-state index in [0.717, 1.165) is 4.88 Å².